The highest BCUT2D eigenvalue weighted by molar-refractivity contribution is 7.22. The molecule has 10 heteroatoms. The number of anilines is 1. The second-order valence-corrected chi connectivity index (χ2v) is 8.02. The Morgan fingerprint density at radius 1 is 1.06 bits per heavy atom. The molecule has 0 atom stereocenters. The topological polar surface area (TPSA) is 54.9 Å². The zero-order chi connectivity index (χ0) is 22.8. The normalized spacial score (nSPS) is 11.7. The molecule has 166 valence electrons. The SMILES string of the molecule is COc1cc2nc(N(CCN(C)C)C(=O)c3cccc(C(F)(F)F)c3)sc2cc1OC. The van der Waals surface area contributed by atoms with Crippen LogP contribution in [0, 0.1) is 0 Å². The lowest BCUT2D eigenvalue weighted by molar-refractivity contribution is -0.137. The van der Waals surface area contributed by atoms with Crippen LogP contribution in [0.2, 0.25) is 0 Å². The van der Waals surface area contributed by atoms with Gasteiger partial charge < -0.3 is 14.4 Å². The van der Waals surface area contributed by atoms with Gasteiger partial charge in [0.05, 0.1) is 30.0 Å². The molecule has 0 fully saturated rings. The van der Waals surface area contributed by atoms with E-state index in [1.165, 1.54) is 42.6 Å². The smallest absolute Gasteiger partial charge is 0.416 e. The number of hydrogen-bond donors (Lipinski definition) is 0. The molecule has 1 amide bonds. The van der Waals surface area contributed by atoms with E-state index in [4.69, 9.17) is 9.47 Å². The van der Waals surface area contributed by atoms with Crippen molar-refractivity contribution in [2.45, 2.75) is 6.18 Å². The summed E-state index contributed by atoms with van der Waals surface area (Å²) in [4.78, 5) is 21.0. The average Bonchev–Trinajstić information content (AvgIpc) is 3.14. The van der Waals surface area contributed by atoms with Crippen molar-refractivity contribution >= 4 is 32.6 Å². The van der Waals surface area contributed by atoms with Crippen molar-refractivity contribution < 1.29 is 27.4 Å². The molecule has 0 saturated carbocycles. The van der Waals surface area contributed by atoms with Gasteiger partial charge in [-0.05, 0) is 32.3 Å². The van der Waals surface area contributed by atoms with Crippen LogP contribution in [0.3, 0.4) is 0 Å². The summed E-state index contributed by atoms with van der Waals surface area (Å²) in [6.07, 6.45) is -4.53. The second kappa shape index (κ2) is 9.11. The zero-order valence-electron chi connectivity index (χ0n) is 17.5. The fourth-order valence-corrected chi connectivity index (χ4v) is 3.93. The van der Waals surface area contributed by atoms with Gasteiger partial charge in [0.15, 0.2) is 16.6 Å². The molecule has 2 aromatic carbocycles. The lowest BCUT2D eigenvalue weighted by Gasteiger charge is -2.22. The van der Waals surface area contributed by atoms with Crippen LogP contribution in [-0.4, -0.2) is 57.2 Å². The highest BCUT2D eigenvalue weighted by Crippen LogP contribution is 2.38. The fourth-order valence-electron chi connectivity index (χ4n) is 2.93. The molecule has 0 aliphatic carbocycles. The van der Waals surface area contributed by atoms with Crippen molar-refractivity contribution in [3.05, 3.63) is 47.5 Å². The van der Waals surface area contributed by atoms with Crippen LogP contribution in [0.25, 0.3) is 10.2 Å². The molecule has 1 heterocycles. The molecule has 0 unspecified atom stereocenters. The molecule has 0 bridgehead atoms. The van der Waals surface area contributed by atoms with Crippen molar-refractivity contribution in [1.82, 2.24) is 9.88 Å². The number of amides is 1. The third kappa shape index (κ3) is 5.08. The number of ether oxygens (including phenoxy) is 2. The first-order chi connectivity index (χ1) is 14.6. The minimum Gasteiger partial charge on any atom is -0.493 e. The molecule has 0 aliphatic rings. The van der Waals surface area contributed by atoms with Gasteiger partial charge in [0.2, 0.25) is 0 Å². The van der Waals surface area contributed by atoms with Gasteiger partial charge in [0.1, 0.15) is 0 Å². The summed E-state index contributed by atoms with van der Waals surface area (Å²) >= 11 is 1.26. The Morgan fingerprint density at radius 2 is 1.74 bits per heavy atom. The van der Waals surface area contributed by atoms with Crippen LogP contribution in [0.15, 0.2) is 36.4 Å². The van der Waals surface area contributed by atoms with Gasteiger partial charge in [-0.3, -0.25) is 9.69 Å². The number of rotatable bonds is 7. The molecular weight excluding hydrogens is 431 g/mol. The molecule has 6 nitrogen and oxygen atoms in total. The average molecular weight is 453 g/mol. The zero-order valence-corrected chi connectivity index (χ0v) is 18.3. The number of nitrogens with zero attached hydrogens (tertiary/aromatic N) is 3. The fraction of sp³-hybridized carbons (Fsp3) is 0.333. The van der Waals surface area contributed by atoms with Gasteiger partial charge in [-0.25, -0.2) is 4.98 Å². The molecule has 3 aromatic rings. The Morgan fingerprint density at radius 3 is 2.35 bits per heavy atom. The molecule has 3 rings (SSSR count). The maximum atomic E-state index is 13.2. The maximum Gasteiger partial charge on any atom is 0.416 e. The summed E-state index contributed by atoms with van der Waals surface area (Å²) in [5.41, 5.74) is -0.322. The van der Waals surface area contributed by atoms with E-state index in [2.05, 4.69) is 4.98 Å². The van der Waals surface area contributed by atoms with Gasteiger partial charge in [0.25, 0.3) is 5.91 Å². The van der Waals surface area contributed by atoms with Crippen molar-refractivity contribution in [3.63, 3.8) is 0 Å². The lowest BCUT2D eigenvalue weighted by atomic mass is 10.1. The van der Waals surface area contributed by atoms with E-state index >= 15 is 0 Å². The van der Waals surface area contributed by atoms with Crippen LogP contribution in [0.1, 0.15) is 15.9 Å². The molecule has 0 aliphatic heterocycles. The summed E-state index contributed by atoms with van der Waals surface area (Å²) in [7, 11) is 6.73. The van der Waals surface area contributed by atoms with E-state index in [1.807, 2.05) is 19.0 Å². The summed E-state index contributed by atoms with van der Waals surface area (Å²) in [5, 5.41) is 0.384. The van der Waals surface area contributed by atoms with Crippen LogP contribution in [0.4, 0.5) is 18.3 Å². The minimum absolute atomic E-state index is 0.0528. The Balaban J connectivity index is 2.04. The summed E-state index contributed by atoms with van der Waals surface area (Å²) in [6, 6.07) is 7.87. The Bertz CT molecular complexity index is 1040. The van der Waals surface area contributed by atoms with Gasteiger partial charge >= 0.3 is 6.18 Å². The Kier molecular flexibility index (Phi) is 6.71. The van der Waals surface area contributed by atoms with Crippen LogP contribution < -0.4 is 14.4 Å². The molecule has 1 aromatic heterocycles. The van der Waals surface area contributed by atoms with Gasteiger partial charge in [-0.1, -0.05) is 17.4 Å². The molecular formula is C21H22F3N3O3S. The third-order valence-corrected chi connectivity index (χ3v) is 5.61. The first-order valence-corrected chi connectivity index (χ1v) is 10.1. The Labute approximate surface area is 181 Å². The molecule has 31 heavy (non-hydrogen) atoms. The number of halogens is 3. The van der Waals surface area contributed by atoms with Crippen molar-refractivity contribution in [2.24, 2.45) is 0 Å². The number of aromatic nitrogens is 1. The second-order valence-electron chi connectivity index (χ2n) is 7.01. The predicted molar refractivity (Wildman–Crippen MR) is 114 cm³/mol. The number of benzene rings is 2. The predicted octanol–water partition coefficient (Wildman–Crippen LogP) is 4.54. The van der Waals surface area contributed by atoms with Crippen molar-refractivity contribution in [2.75, 3.05) is 46.3 Å². The number of thiazole rings is 1. The van der Waals surface area contributed by atoms with E-state index in [0.717, 1.165) is 16.8 Å². The largest absolute Gasteiger partial charge is 0.493 e. The number of alkyl halides is 3. The summed E-state index contributed by atoms with van der Waals surface area (Å²) < 4.78 is 50.8. The van der Waals surface area contributed by atoms with Gasteiger partial charge in [-0.2, -0.15) is 13.2 Å². The van der Waals surface area contributed by atoms with E-state index in [9.17, 15) is 18.0 Å². The number of hydrogen-bond acceptors (Lipinski definition) is 6. The highest BCUT2D eigenvalue weighted by Gasteiger charge is 2.32. The van der Waals surface area contributed by atoms with E-state index in [-0.39, 0.29) is 12.1 Å². The minimum atomic E-state index is -4.53. The third-order valence-electron chi connectivity index (χ3n) is 4.57. The molecule has 0 N–H and O–H groups in total. The van der Waals surface area contributed by atoms with Crippen molar-refractivity contribution in [1.29, 1.82) is 0 Å². The van der Waals surface area contributed by atoms with Crippen LogP contribution in [-0.2, 0) is 6.18 Å². The standard InChI is InChI=1S/C21H22F3N3O3S/c1-26(2)8-9-27(19(28)13-6-5-7-14(10-13)21(22,23)24)20-25-15-11-16(29-3)17(30-4)12-18(15)31-20/h5-7,10-12H,8-9H2,1-4H3. The van der Waals surface area contributed by atoms with E-state index in [1.54, 1.807) is 12.1 Å². The first kappa shape index (κ1) is 22.8. The summed E-state index contributed by atoms with van der Waals surface area (Å²) in [5.74, 6) is 0.469. The number of carbonyl (C=O) groups excluding carboxylic acids is 1. The molecule has 0 radical (unpaired) electrons. The lowest BCUT2D eigenvalue weighted by Crippen LogP contribution is -2.36. The number of methoxy groups -OCH3 is 2. The van der Waals surface area contributed by atoms with Gasteiger partial charge in [0, 0.05) is 30.8 Å². The highest BCUT2D eigenvalue weighted by atomic mass is 32.1. The molecule has 0 spiro atoms. The van der Waals surface area contributed by atoms with Crippen LogP contribution in [0.5, 0.6) is 11.5 Å². The number of carbonyl (C=O) groups is 1. The molecule has 0 saturated heterocycles. The van der Waals surface area contributed by atoms with Crippen LogP contribution >= 0.6 is 11.3 Å². The number of likely N-dealkylation sites (N-methyl/N-ethyl adjacent to an activating group) is 1. The monoisotopic (exact) mass is 453 g/mol. The van der Waals surface area contributed by atoms with E-state index < -0.39 is 17.6 Å². The Hall–Kier alpha value is -2.85. The quantitative estimate of drug-likeness (QED) is 0.526. The number of fused-ring (bicyclic) bond motifs is 1. The van der Waals surface area contributed by atoms with E-state index in [0.29, 0.717) is 28.7 Å². The maximum absolute atomic E-state index is 13.2. The van der Waals surface area contributed by atoms with Gasteiger partial charge in [-0.15, -0.1) is 0 Å². The van der Waals surface area contributed by atoms with Crippen molar-refractivity contribution in [3.8, 4) is 11.5 Å². The first-order valence-electron chi connectivity index (χ1n) is 9.30. The summed E-state index contributed by atoms with van der Waals surface area (Å²) in [6.45, 7) is 0.767.